The minimum absolute atomic E-state index is 0.116. The first kappa shape index (κ1) is 21.0. The molecule has 0 unspecified atom stereocenters. The molecule has 1 atom stereocenters. The van der Waals surface area contributed by atoms with Crippen molar-refractivity contribution in [2.24, 2.45) is 5.92 Å². The molecule has 2 N–H and O–H groups in total. The molecule has 146 valence electrons. The van der Waals surface area contributed by atoms with Crippen molar-refractivity contribution in [1.82, 2.24) is 10.2 Å². The Kier molecular flexibility index (Phi) is 7.32. The highest BCUT2D eigenvalue weighted by molar-refractivity contribution is 7.90. The van der Waals surface area contributed by atoms with Gasteiger partial charge in [0.2, 0.25) is 0 Å². The minimum atomic E-state index is -3.37. The SMILES string of the molecule is CN(C)[C@@H](CNC(=O)Nc1cc(S(C)(=O)=O)ccc1Cl)C1CCCCC1. The number of hydrogen-bond donors (Lipinski definition) is 2. The van der Waals surface area contributed by atoms with Crippen LogP contribution in [-0.2, 0) is 9.84 Å². The molecule has 26 heavy (non-hydrogen) atoms. The number of likely N-dealkylation sites (N-methyl/N-ethyl adjacent to an activating group) is 1. The third-order valence-corrected chi connectivity index (χ3v) is 6.38. The van der Waals surface area contributed by atoms with Crippen molar-refractivity contribution >= 4 is 33.2 Å². The molecule has 1 aromatic carbocycles. The first-order chi connectivity index (χ1) is 12.2. The van der Waals surface area contributed by atoms with E-state index in [4.69, 9.17) is 11.6 Å². The second kappa shape index (κ2) is 9.06. The fourth-order valence-corrected chi connectivity index (χ4v) is 4.30. The van der Waals surface area contributed by atoms with Crippen molar-refractivity contribution in [3.05, 3.63) is 23.2 Å². The zero-order chi connectivity index (χ0) is 19.3. The standard InChI is InChI=1S/C18H28ClN3O3S/c1-22(2)17(13-7-5-4-6-8-13)12-20-18(23)21-16-11-14(26(3,24)25)9-10-15(16)19/h9-11,13,17H,4-8,12H2,1-3H3,(H2,20,21,23)/t17-/m0/s1. The average Bonchev–Trinajstić information content (AvgIpc) is 2.56. The number of benzene rings is 1. The number of carbonyl (C=O) groups excluding carboxylic acids is 1. The number of rotatable bonds is 6. The molecule has 0 saturated heterocycles. The summed E-state index contributed by atoms with van der Waals surface area (Å²) in [6.07, 6.45) is 7.28. The van der Waals surface area contributed by atoms with Crippen molar-refractivity contribution < 1.29 is 13.2 Å². The van der Waals surface area contributed by atoms with Crippen LogP contribution in [0, 0.1) is 5.92 Å². The largest absolute Gasteiger partial charge is 0.336 e. The summed E-state index contributed by atoms with van der Waals surface area (Å²) >= 11 is 6.08. The summed E-state index contributed by atoms with van der Waals surface area (Å²) in [6, 6.07) is 4.16. The summed E-state index contributed by atoms with van der Waals surface area (Å²) in [4.78, 5) is 14.6. The maximum Gasteiger partial charge on any atom is 0.319 e. The Bertz CT molecular complexity index is 731. The molecule has 1 aliphatic rings. The van der Waals surface area contributed by atoms with E-state index in [1.807, 2.05) is 14.1 Å². The number of anilines is 1. The van der Waals surface area contributed by atoms with Crippen LogP contribution >= 0.6 is 11.6 Å². The van der Waals surface area contributed by atoms with Gasteiger partial charge in [-0.15, -0.1) is 0 Å². The summed E-state index contributed by atoms with van der Waals surface area (Å²) < 4.78 is 23.3. The van der Waals surface area contributed by atoms with Crippen LogP contribution in [-0.4, -0.2) is 52.3 Å². The number of sulfone groups is 1. The van der Waals surface area contributed by atoms with Gasteiger partial charge < -0.3 is 15.5 Å². The second-order valence-electron chi connectivity index (χ2n) is 7.18. The van der Waals surface area contributed by atoms with Crippen molar-refractivity contribution in [2.45, 2.75) is 43.0 Å². The maximum atomic E-state index is 12.3. The van der Waals surface area contributed by atoms with E-state index in [0.29, 0.717) is 17.5 Å². The monoisotopic (exact) mass is 401 g/mol. The van der Waals surface area contributed by atoms with Gasteiger partial charge in [0, 0.05) is 18.8 Å². The van der Waals surface area contributed by atoms with Crippen LogP contribution in [0.15, 0.2) is 23.1 Å². The molecule has 0 aromatic heterocycles. The highest BCUT2D eigenvalue weighted by Gasteiger charge is 2.25. The number of nitrogens with zero attached hydrogens (tertiary/aromatic N) is 1. The Hall–Kier alpha value is -1.31. The Balaban J connectivity index is 1.99. The molecule has 2 rings (SSSR count). The van der Waals surface area contributed by atoms with Gasteiger partial charge in [-0.3, -0.25) is 0 Å². The summed E-state index contributed by atoms with van der Waals surface area (Å²) in [5.41, 5.74) is 0.283. The summed E-state index contributed by atoms with van der Waals surface area (Å²) in [5, 5.41) is 5.85. The number of urea groups is 1. The maximum absolute atomic E-state index is 12.3. The molecule has 1 aliphatic carbocycles. The van der Waals surface area contributed by atoms with Crippen LogP contribution in [0.2, 0.25) is 5.02 Å². The van der Waals surface area contributed by atoms with Crippen molar-refractivity contribution in [3.8, 4) is 0 Å². The molecule has 1 saturated carbocycles. The van der Waals surface area contributed by atoms with Crippen LogP contribution in [0.1, 0.15) is 32.1 Å². The van der Waals surface area contributed by atoms with Crippen LogP contribution in [0.5, 0.6) is 0 Å². The molecule has 1 aromatic rings. The quantitative estimate of drug-likeness (QED) is 0.765. The lowest BCUT2D eigenvalue weighted by Gasteiger charge is -2.35. The van der Waals surface area contributed by atoms with Crippen molar-refractivity contribution in [2.75, 3.05) is 32.2 Å². The normalized spacial score (nSPS) is 17.1. The van der Waals surface area contributed by atoms with Gasteiger partial charge in [-0.25, -0.2) is 13.2 Å². The molecular formula is C18H28ClN3O3S. The van der Waals surface area contributed by atoms with Crippen molar-refractivity contribution in [1.29, 1.82) is 0 Å². The van der Waals surface area contributed by atoms with E-state index in [2.05, 4.69) is 15.5 Å². The molecule has 8 heteroatoms. The Morgan fingerprint density at radius 1 is 1.27 bits per heavy atom. The predicted octanol–water partition coefficient (Wildman–Crippen LogP) is 3.38. The van der Waals surface area contributed by atoms with Crippen LogP contribution in [0.3, 0.4) is 0 Å². The van der Waals surface area contributed by atoms with Crippen molar-refractivity contribution in [3.63, 3.8) is 0 Å². The summed E-state index contributed by atoms with van der Waals surface area (Å²) in [6.45, 7) is 0.535. The molecular weight excluding hydrogens is 374 g/mol. The predicted molar refractivity (Wildman–Crippen MR) is 106 cm³/mol. The van der Waals surface area contributed by atoms with E-state index in [-0.39, 0.29) is 22.7 Å². The van der Waals surface area contributed by atoms with E-state index >= 15 is 0 Å². The molecule has 0 bridgehead atoms. The fraction of sp³-hybridized carbons (Fsp3) is 0.611. The van der Waals surface area contributed by atoms with Gasteiger partial charge in [0.15, 0.2) is 9.84 Å². The molecule has 0 spiro atoms. The number of carbonyl (C=O) groups is 1. The molecule has 0 heterocycles. The second-order valence-corrected chi connectivity index (χ2v) is 9.60. The Morgan fingerprint density at radius 2 is 1.92 bits per heavy atom. The van der Waals surface area contributed by atoms with Crippen LogP contribution in [0.25, 0.3) is 0 Å². The third-order valence-electron chi connectivity index (χ3n) is 4.94. The van der Waals surface area contributed by atoms with E-state index < -0.39 is 9.84 Å². The molecule has 0 aliphatic heterocycles. The molecule has 0 radical (unpaired) electrons. The highest BCUT2D eigenvalue weighted by atomic mass is 35.5. The number of halogens is 1. The lowest BCUT2D eigenvalue weighted by molar-refractivity contribution is 0.167. The van der Waals surface area contributed by atoms with Crippen LogP contribution in [0.4, 0.5) is 10.5 Å². The van der Waals surface area contributed by atoms with Crippen LogP contribution < -0.4 is 10.6 Å². The zero-order valence-electron chi connectivity index (χ0n) is 15.6. The topological polar surface area (TPSA) is 78.5 Å². The Labute approximate surface area is 161 Å². The van der Waals surface area contributed by atoms with E-state index in [1.54, 1.807) is 0 Å². The van der Waals surface area contributed by atoms with Gasteiger partial charge in [0.05, 0.1) is 15.6 Å². The van der Waals surface area contributed by atoms with E-state index in [1.165, 1.54) is 50.3 Å². The van der Waals surface area contributed by atoms with E-state index in [9.17, 15) is 13.2 Å². The number of hydrogen-bond acceptors (Lipinski definition) is 4. The first-order valence-electron chi connectivity index (χ1n) is 8.89. The number of amides is 2. The minimum Gasteiger partial charge on any atom is -0.336 e. The lowest BCUT2D eigenvalue weighted by Crippen LogP contribution is -2.46. The highest BCUT2D eigenvalue weighted by Crippen LogP contribution is 2.28. The van der Waals surface area contributed by atoms with Gasteiger partial charge in [0.1, 0.15) is 0 Å². The summed E-state index contributed by atoms with van der Waals surface area (Å²) in [5.74, 6) is 0.580. The van der Waals surface area contributed by atoms with Gasteiger partial charge in [-0.2, -0.15) is 0 Å². The average molecular weight is 402 g/mol. The van der Waals surface area contributed by atoms with Gasteiger partial charge in [0.25, 0.3) is 0 Å². The molecule has 6 nitrogen and oxygen atoms in total. The third kappa shape index (κ3) is 5.86. The fourth-order valence-electron chi connectivity index (χ4n) is 3.48. The first-order valence-corrected chi connectivity index (χ1v) is 11.2. The van der Waals surface area contributed by atoms with Gasteiger partial charge in [-0.05, 0) is 51.1 Å². The molecule has 1 fully saturated rings. The molecule has 2 amide bonds. The van der Waals surface area contributed by atoms with E-state index in [0.717, 1.165) is 6.26 Å². The Morgan fingerprint density at radius 3 is 2.50 bits per heavy atom. The van der Waals surface area contributed by atoms with Gasteiger partial charge in [-0.1, -0.05) is 30.9 Å². The number of nitrogens with one attached hydrogen (secondary N) is 2. The smallest absolute Gasteiger partial charge is 0.319 e. The summed E-state index contributed by atoms with van der Waals surface area (Å²) in [7, 11) is 0.700. The lowest BCUT2D eigenvalue weighted by atomic mass is 9.83. The van der Waals surface area contributed by atoms with Gasteiger partial charge >= 0.3 is 6.03 Å². The zero-order valence-corrected chi connectivity index (χ0v) is 17.2.